The third-order valence-corrected chi connectivity index (χ3v) is 3.50. The lowest BCUT2D eigenvalue weighted by molar-refractivity contribution is -0.115. The molecule has 0 radical (unpaired) electrons. The Morgan fingerprint density at radius 3 is 2.67 bits per heavy atom. The Hall–Kier alpha value is -2.20. The third-order valence-electron chi connectivity index (χ3n) is 3.13. The number of ether oxygens (including phenoxy) is 2. The van der Waals surface area contributed by atoms with E-state index < -0.39 is 0 Å². The van der Waals surface area contributed by atoms with E-state index in [4.69, 9.17) is 21.1 Å². The maximum atomic E-state index is 12.1. The molecule has 4 nitrogen and oxygen atoms in total. The summed E-state index contributed by atoms with van der Waals surface area (Å²) >= 11 is 6.05. The summed E-state index contributed by atoms with van der Waals surface area (Å²) in [6, 6.07) is 12.7. The zero-order valence-electron chi connectivity index (χ0n) is 11.3. The van der Waals surface area contributed by atoms with Crippen molar-refractivity contribution in [3.8, 4) is 11.5 Å². The van der Waals surface area contributed by atoms with Crippen LogP contribution in [0.2, 0.25) is 5.02 Å². The second-order valence-corrected chi connectivity index (χ2v) is 5.08. The van der Waals surface area contributed by atoms with Crippen molar-refractivity contribution < 1.29 is 14.3 Å². The Morgan fingerprint density at radius 2 is 1.86 bits per heavy atom. The van der Waals surface area contributed by atoms with Crippen LogP contribution in [0.1, 0.15) is 5.56 Å². The summed E-state index contributed by atoms with van der Waals surface area (Å²) in [6.07, 6.45) is 0.230. The Labute approximate surface area is 127 Å². The van der Waals surface area contributed by atoms with Gasteiger partial charge in [-0.25, -0.2) is 0 Å². The minimum absolute atomic E-state index is 0.125. The highest BCUT2D eigenvalue weighted by Gasteiger charge is 2.13. The van der Waals surface area contributed by atoms with Crippen LogP contribution in [-0.2, 0) is 11.2 Å². The number of halogens is 1. The van der Waals surface area contributed by atoms with E-state index in [9.17, 15) is 4.79 Å². The maximum Gasteiger partial charge on any atom is 0.228 e. The molecule has 0 spiro atoms. The molecule has 0 bridgehead atoms. The van der Waals surface area contributed by atoms with Crippen molar-refractivity contribution in [1.82, 2.24) is 0 Å². The molecule has 0 fully saturated rings. The Kier molecular flexibility index (Phi) is 3.97. The van der Waals surface area contributed by atoms with Gasteiger partial charge in [0, 0.05) is 16.8 Å². The maximum absolute atomic E-state index is 12.1. The van der Waals surface area contributed by atoms with E-state index in [1.54, 1.807) is 24.3 Å². The summed E-state index contributed by atoms with van der Waals surface area (Å²) in [6.45, 7) is 1.06. The standard InChI is InChI=1S/C16H14ClNO3/c17-13-4-2-1-3-11(13)9-16(19)18-12-5-6-14-15(10-12)21-8-7-20-14/h1-6,10H,7-9H2,(H,18,19). The number of hydrogen-bond acceptors (Lipinski definition) is 3. The van der Waals surface area contributed by atoms with Crippen molar-refractivity contribution in [3.63, 3.8) is 0 Å². The van der Waals surface area contributed by atoms with E-state index in [0.717, 1.165) is 5.56 Å². The second-order valence-electron chi connectivity index (χ2n) is 4.67. The molecule has 1 amide bonds. The number of anilines is 1. The summed E-state index contributed by atoms with van der Waals surface area (Å²) in [7, 11) is 0. The van der Waals surface area contributed by atoms with Gasteiger partial charge in [-0.1, -0.05) is 29.8 Å². The molecule has 0 unspecified atom stereocenters. The average Bonchev–Trinajstić information content (AvgIpc) is 2.49. The lowest BCUT2D eigenvalue weighted by atomic mass is 10.1. The van der Waals surface area contributed by atoms with Crippen molar-refractivity contribution in [2.24, 2.45) is 0 Å². The molecule has 1 aliphatic heterocycles. The predicted octanol–water partition coefficient (Wildman–Crippen LogP) is 3.29. The van der Waals surface area contributed by atoms with Gasteiger partial charge in [0.1, 0.15) is 13.2 Å². The number of benzene rings is 2. The zero-order chi connectivity index (χ0) is 14.7. The van der Waals surface area contributed by atoms with Gasteiger partial charge in [-0.05, 0) is 23.8 Å². The summed E-state index contributed by atoms with van der Waals surface area (Å²) in [5, 5.41) is 3.43. The summed E-state index contributed by atoms with van der Waals surface area (Å²) < 4.78 is 10.9. The van der Waals surface area contributed by atoms with E-state index in [1.165, 1.54) is 0 Å². The van der Waals surface area contributed by atoms with Crippen LogP contribution in [0.25, 0.3) is 0 Å². The number of carbonyl (C=O) groups excluding carboxylic acids is 1. The van der Waals surface area contributed by atoms with Gasteiger partial charge in [0.2, 0.25) is 5.91 Å². The van der Waals surface area contributed by atoms with Crippen LogP contribution in [0.5, 0.6) is 11.5 Å². The van der Waals surface area contributed by atoms with Gasteiger partial charge < -0.3 is 14.8 Å². The molecule has 0 aromatic heterocycles. The summed E-state index contributed by atoms with van der Waals surface area (Å²) in [4.78, 5) is 12.1. The Balaban J connectivity index is 1.69. The molecule has 1 heterocycles. The number of hydrogen-bond donors (Lipinski definition) is 1. The van der Waals surface area contributed by atoms with Gasteiger partial charge in [-0.3, -0.25) is 4.79 Å². The number of carbonyl (C=O) groups is 1. The normalized spacial score (nSPS) is 12.8. The summed E-state index contributed by atoms with van der Waals surface area (Å²) in [5.74, 6) is 1.22. The summed E-state index contributed by atoms with van der Waals surface area (Å²) in [5.41, 5.74) is 1.48. The SMILES string of the molecule is O=C(Cc1ccccc1Cl)Nc1ccc2c(c1)OCCO2. The highest BCUT2D eigenvalue weighted by atomic mass is 35.5. The third kappa shape index (κ3) is 3.28. The second kappa shape index (κ2) is 6.06. The van der Waals surface area contributed by atoms with Crippen molar-refractivity contribution in [2.45, 2.75) is 6.42 Å². The fourth-order valence-corrected chi connectivity index (χ4v) is 2.34. The highest BCUT2D eigenvalue weighted by molar-refractivity contribution is 6.31. The first-order chi connectivity index (χ1) is 10.2. The van der Waals surface area contributed by atoms with E-state index >= 15 is 0 Å². The average molecular weight is 304 g/mol. The van der Waals surface area contributed by atoms with Crippen LogP contribution in [0.15, 0.2) is 42.5 Å². The lowest BCUT2D eigenvalue weighted by Crippen LogP contribution is -2.17. The van der Waals surface area contributed by atoms with Crippen molar-refractivity contribution in [2.75, 3.05) is 18.5 Å². The molecule has 0 atom stereocenters. The largest absolute Gasteiger partial charge is 0.486 e. The molecule has 0 saturated heterocycles. The van der Waals surface area contributed by atoms with Crippen LogP contribution in [0.4, 0.5) is 5.69 Å². The predicted molar refractivity (Wildman–Crippen MR) is 81.2 cm³/mol. The highest BCUT2D eigenvalue weighted by Crippen LogP contribution is 2.32. The zero-order valence-corrected chi connectivity index (χ0v) is 12.0. The molecule has 21 heavy (non-hydrogen) atoms. The van der Waals surface area contributed by atoms with E-state index in [-0.39, 0.29) is 12.3 Å². The lowest BCUT2D eigenvalue weighted by Gasteiger charge is -2.19. The smallest absolute Gasteiger partial charge is 0.228 e. The topological polar surface area (TPSA) is 47.6 Å². The van der Waals surface area contributed by atoms with Gasteiger partial charge in [0.05, 0.1) is 6.42 Å². The molecule has 2 aromatic rings. The minimum atomic E-state index is -0.125. The number of rotatable bonds is 3. The molecule has 3 rings (SSSR count). The number of amides is 1. The minimum Gasteiger partial charge on any atom is -0.486 e. The van der Waals surface area contributed by atoms with E-state index in [1.807, 2.05) is 18.2 Å². The van der Waals surface area contributed by atoms with Gasteiger partial charge in [-0.2, -0.15) is 0 Å². The van der Waals surface area contributed by atoms with Gasteiger partial charge in [0.25, 0.3) is 0 Å². The van der Waals surface area contributed by atoms with Gasteiger partial charge in [0.15, 0.2) is 11.5 Å². The molecular weight excluding hydrogens is 290 g/mol. The van der Waals surface area contributed by atoms with Gasteiger partial charge in [-0.15, -0.1) is 0 Å². The molecule has 0 saturated carbocycles. The van der Waals surface area contributed by atoms with Crippen LogP contribution < -0.4 is 14.8 Å². The van der Waals surface area contributed by atoms with Crippen molar-refractivity contribution in [3.05, 3.63) is 53.1 Å². The first-order valence-electron chi connectivity index (χ1n) is 6.65. The van der Waals surface area contributed by atoms with Crippen molar-refractivity contribution >= 4 is 23.2 Å². The molecular formula is C16H14ClNO3. The first kappa shape index (κ1) is 13.8. The van der Waals surface area contributed by atoms with Crippen molar-refractivity contribution in [1.29, 1.82) is 0 Å². The molecule has 108 valence electrons. The molecule has 0 aliphatic carbocycles. The fraction of sp³-hybridized carbons (Fsp3) is 0.188. The Bertz CT molecular complexity index is 672. The molecule has 1 aliphatic rings. The Morgan fingerprint density at radius 1 is 1.10 bits per heavy atom. The molecule has 5 heteroatoms. The van der Waals surface area contributed by atoms with Crippen LogP contribution >= 0.6 is 11.6 Å². The number of fused-ring (bicyclic) bond motifs is 1. The number of nitrogens with one attached hydrogen (secondary N) is 1. The molecule has 1 N–H and O–H groups in total. The quantitative estimate of drug-likeness (QED) is 0.946. The van der Waals surface area contributed by atoms with Crippen LogP contribution in [0.3, 0.4) is 0 Å². The van der Waals surface area contributed by atoms with Crippen LogP contribution in [-0.4, -0.2) is 19.1 Å². The monoisotopic (exact) mass is 303 g/mol. The van der Waals surface area contributed by atoms with E-state index in [2.05, 4.69) is 5.32 Å². The van der Waals surface area contributed by atoms with Crippen LogP contribution in [0, 0.1) is 0 Å². The molecule has 2 aromatic carbocycles. The van der Waals surface area contributed by atoms with Gasteiger partial charge >= 0.3 is 0 Å². The fourth-order valence-electron chi connectivity index (χ4n) is 2.14. The van der Waals surface area contributed by atoms with E-state index in [0.29, 0.717) is 35.4 Å². The first-order valence-corrected chi connectivity index (χ1v) is 7.03.